The SMILES string of the molecule is COCC(N)C(=O)N1CCN(c2ccc(C(=O)OC)cc2)CC1C.Cl. The molecule has 25 heavy (non-hydrogen) atoms. The van der Waals surface area contributed by atoms with Crippen molar-refractivity contribution in [3.05, 3.63) is 29.8 Å². The molecule has 8 heteroatoms. The van der Waals surface area contributed by atoms with Gasteiger partial charge >= 0.3 is 5.97 Å². The van der Waals surface area contributed by atoms with Gasteiger partial charge in [-0.1, -0.05) is 0 Å². The maximum Gasteiger partial charge on any atom is 0.337 e. The van der Waals surface area contributed by atoms with Crippen LogP contribution in [0.25, 0.3) is 0 Å². The van der Waals surface area contributed by atoms with Crippen molar-refractivity contribution in [2.24, 2.45) is 5.73 Å². The van der Waals surface area contributed by atoms with Gasteiger partial charge in [0.25, 0.3) is 0 Å². The van der Waals surface area contributed by atoms with Gasteiger partial charge in [0.2, 0.25) is 5.91 Å². The van der Waals surface area contributed by atoms with Crippen LogP contribution in [0.15, 0.2) is 24.3 Å². The summed E-state index contributed by atoms with van der Waals surface area (Å²) in [4.78, 5) is 27.8. The number of anilines is 1. The van der Waals surface area contributed by atoms with Crippen LogP contribution in [0.1, 0.15) is 17.3 Å². The first-order valence-corrected chi connectivity index (χ1v) is 7.96. The maximum atomic E-state index is 12.3. The highest BCUT2D eigenvalue weighted by atomic mass is 35.5. The Morgan fingerprint density at radius 1 is 1.24 bits per heavy atom. The van der Waals surface area contributed by atoms with E-state index in [1.165, 1.54) is 14.2 Å². The fraction of sp³-hybridized carbons (Fsp3) is 0.529. The van der Waals surface area contributed by atoms with Crippen LogP contribution in [0.4, 0.5) is 5.69 Å². The van der Waals surface area contributed by atoms with Crippen LogP contribution in [-0.4, -0.2) is 69.3 Å². The number of nitrogens with two attached hydrogens (primary N) is 1. The average Bonchev–Trinajstić information content (AvgIpc) is 2.60. The normalized spacial score (nSPS) is 18.3. The highest BCUT2D eigenvalue weighted by Crippen LogP contribution is 2.20. The number of carbonyl (C=O) groups excluding carboxylic acids is 2. The van der Waals surface area contributed by atoms with Crippen LogP contribution in [-0.2, 0) is 14.3 Å². The van der Waals surface area contributed by atoms with Crippen molar-refractivity contribution >= 4 is 30.0 Å². The predicted octanol–water partition coefficient (Wildman–Crippen LogP) is 0.906. The highest BCUT2D eigenvalue weighted by Gasteiger charge is 2.30. The van der Waals surface area contributed by atoms with Gasteiger partial charge in [0.15, 0.2) is 0 Å². The maximum absolute atomic E-state index is 12.3. The lowest BCUT2D eigenvalue weighted by atomic mass is 10.1. The van der Waals surface area contributed by atoms with E-state index < -0.39 is 6.04 Å². The molecule has 1 amide bonds. The summed E-state index contributed by atoms with van der Waals surface area (Å²) in [5, 5.41) is 0. The summed E-state index contributed by atoms with van der Waals surface area (Å²) < 4.78 is 9.66. The Labute approximate surface area is 154 Å². The second kappa shape index (κ2) is 9.60. The van der Waals surface area contributed by atoms with Gasteiger partial charge in [0, 0.05) is 38.5 Å². The zero-order chi connectivity index (χ0) is 17.7. The summed E-state index contributed by atoms with van der Waals surface area (Å²) >= 11 is 0. The second-order valence-electron chi connectivity index (χ2n) is 5.93. The van der Waals surface area contributed by atoms with Gasteiger partial charge in [-0.05, 0) is 31.2 Å². The lowest BCUT2D eigenvalue weighted by Gasteiger charge is -2.41. The fourth-order valence-corrected chi connectivity index (χ4v) is 2.91. The van der Waals surface area contributed by atoms with E-state index in [4.69, 9.17) is 15.2 Å². The van der Waals surface area contributed by atoms with Gasteiger partial charge < -0.3 is 25.0 Å². The topological polar surface area (TPSA) is 85.1 Å². The van der Waals surface area contributed by atoms with E-state index in [2.05, 4.69) is 4.90 Å². The van der Waals surface area contributed by atoms with Crippen LogP contribution in [0.5, 0.6) is 0 Å². The molecule has 2 unspecified atom stereocenters. The van der Waals surface area contributed by atoms with Crippen molar-refractivity contribution in [3.63, 3.8) is 0 Å². The van der Waals surface area contributed by atoms with E-state index in [0.29, 0.717) is 25.2 Å². The summed E-state index contributed by atoms with van der Waals surface area (Å²) in [5.74, 6) is -0.428. The van der Waals surface area contributed by atoms with Crippen molar-refractivity contribution in [2.75, 3.05) is 45.4 Å². The molecule has 1 aliphatic heterocycles. The molecule has 1 aromatic carbocycles. The molecule has 0 aromatic heterocycles. The molecule has 1 heterocycles. The van der Waals surface area contributed by atoms with E-state index in [1.807, 2.05) is 24.0 Å². The summed E-state index contributed by atoms with van der Waals surface area (Å²) in [6.07, 6.45) is 0. The van der Waals surface area contributed by atoms with E-state index in [9.17, 15) is 9.59 Å². The number of methoxy groups -OCH3 is 2. The lowest BCUT2D eigenvalue weighted by Crippen LogP contribution is -2.58. The van der Waals surface area contributed by atoms with Gasteiger partial charge in [0.1, 0.15) is 6.04 Å². The largest absolute Gasteiger partial charge is 0.465 e. The molecule has 0 radical (unpaired) electrons. The number of carbonyl (C=O) groups is 2. The Morgan fingerprint density at radius 3 is 2.40 bits per heavy atom. The molecular formula is C17H26ClN3O4. The quantitative estimate of drug-likeness (QED) is 0.774. The molecule has 0 aliphatic carbocycles. The number of ether oxygens (including phenoxy) is 2. The van der Waals surface area contributed by atoms with Crippen LogP contribution in [0.3, 0.4) is 0 Å². The second-order valence-corrected chi connectivity index (χ2v) is 5.93. The summed E-state index contributed by atoms with van der Waals surface area (Å²) in [7, 11) is 2.90. The van der Waals surface area contributed by atoms with Gasteiger partial charge in [-0.15, -0.1) is 12.4 Å². The molecule has 1 fully saturated rings. The van der Waals surface area contributed by atoms with Crippen molar-refractivity contribution < 1.29 is 19.1 Å². The number of nitrogens with zero attached hydrogens (tertiary/aromatic N) is 2. The number of benzene rings is 1. The minimum absolute atomic E-state index is 0. The fourth-order valence-electron chi connectivity index (χ4n) is 2.91. The van der Waals surface area contributed by atoms with Crippen molar-refractivity contribution in [3.8, 4) is 0 Å². The van der Waals surface area contributed by atoms with E-state index in [-0.39, 0.29) is 36.9 Å². The molecule has 0 spiro atoms. The molecular weight excluding hydrogens is 346 g/mol. The minimum atomic E-state index is -0.622. The van der Waals surface area contributed by atoms with Crippen LogP contribution >= 0.6 is 12.4 Å². The molecule has 1 aliphatic rings. The molecule has 1 saturated heterocycles. The Morgan fingerprint density at radius 2 is 1.88 bits per heavy atom. The Balaban J connectivity index is 0.00000312. The van der Waals surface area contributed by atoms with Gasteiger partial charge in [-0.2, -0.15) is 0 Å². The Bertz CT molecular complexity index is 582. The number of esters is 1. The molecule has 2 atom stereocenters. The first-order chi connectivity index (χ1) is 11.5. The molecule has 1 aromatic rings. The number of piperazine rings is 1. The molecule has 0 saturated carbocycles. The molecule has 2 N–H and O–H groups in total. The summed E-state index contributed by atoms with van der Waals surface area (Å²) in [6.45, 7) is 4.26. The first kappa shape index (κ1) is 21.2. The predicted molar refractivity (Wildman–Crippen MR) is 98.3 cm³/mol. The van der Waals surface area contributed by atoms with Crippen molar-refractivity contribution in [1.29, 1.82) is 0 Å². The third-order valence-electron chi connectivity index (χ3n) is 4.23. The third-order valence-corrected chi connectivity index (χ3v) is 4.23. The third kappa shape index (κ3) is 5.07. The molecule has 2 rings (SSSR count). The summed E-state index contributed by atoms with van der Waals surface area (Å²) in [6, 6.07) is 6.72. The highest BCUT2D eigenvalue weighted by molar-refractivity contribution is 5.89. The first-order valence-electron chi connectivity index (χ1n) is 7.96. The van der Waals surface area contributed by atoms with E-state index >= 15 is 0 Å². The minimum Gasteiger partial charge on any atom is -0.465 e. The zero-order valence-corrected chi connectivity index (χ0v) is 15.6. The Hall–Kier alpha value is -1.83. The number of hydrogen-bond donors (Lipinski definition) is 1. The average molecular weight is 372 g/mol. The van der Waals surface area contributed by atoms with Crippen LogP contribution < -0.4 is 10.6 Å². The lowest BCUT2D eigenvalue weighted by molar-refractivity contribution is -0.136. The smallest absolute Gasteiger partial charge is 0.337 e. The van der Waals surface area contributed by atoms with E-state index in [0.717, 1.165) is 5.69 Å². The van der Waals surface area contributed by atoms with Crippen LogP contribution in [0.2, 0.25) is 0 Å². The molecule has 0 bridgehead atoms. The zero-order valence-electron chi connectivity index (χ0n) is 14.8. The molecule has 140 valence electrons. The van der Waals surface area contributed by atoms with Gasteiger partial charge in [0.05, 0.1) is 19.3 Å². The van der Waals surface area contributed by atoms with Crippen molar-refractivity contribution in [2.45, 2.75) is 19.0 Å². The van der Waals surface area contributed by atoms with Gasteiger partial charge in [-0.3, -0.25) is 4.79 Å². The van der Waals surface area contributed by atoms with E-state index in [1.54, 1.807) is 12.1 Å². The van der Waals surface area contributed by atoms with Crippen LogP contribution in [0, 0.1) is 0 Å². The Kier molecular flexibility index (Phi) is 8.15. The number of amides is 1. The number of hydrogen-bond acceptors (Lipinski definition) is 6. The van der Waals surface area contributed by atoms with Gasteiger partial charge in [-0.25, -0.2) is 4.79 Å². The number of rotatable bonds is 5. The molecule has 7 nitrogen and oxygen atoms in total. The van der Waals surface area contributed by atoms with Crippen molar-refractivity contribution in [1.82, 2.24) is 4.90 Å². The number of halogens is 1. The summed E-state index contributed by atoms with van der Waals surface area (Å²) in [5.41, 5.74) is 7.39. The standard InChI is InChI=1S/C17H25N3O4.ClH/c1-12-10-19(8-9-20(12)16(21)15(18)11-23-2)14-6-4-13(5-7-14)17(22)24-3;/h4-7,12,15H,8-11,18H2,1-3H3;1H. The monoisotopic (exact) mass is 371 g/mol.